The fourth-order valence-corrected chi connectivity index (χ4v) is 2.48. The molecule has 1 N–H and O–H groups in total. The number of hydrogen-bond donors (Lipinski definition) is 1. The molecule has 0 fully saturated rings. The third-order valence-corrected chi connectivity index (χ3v) is 3.89. The summed E-state index contributed by atoms with van der Waals surface area (Å²) in [5.74, 6) is 3.09. The summed E-state index contributed by atoms with van der Waals surface area (Å²) in [7, 11) is 0. The number of hydrogen-bond acceptors (Lipinski definition) is 3. The van der Waals surface area contributed by atoms with Gasteiger partial charge in [-0.3, -0.25) is 5.32 Å². The quantitative estimate of drug-likeness (QED) is 0.792. The Labute approximate surface area is 96.1 Å². The molecule has 15 heavy (non-hydrogen) atoms. The van der Waals surface area contributed by atoms with Crippen molar-refractivity contribution in [3.8, 4) is 12.3 Å². The molecule has 82 valence electrons. The molecule has 0 amide bonds. The van der Waals surface area contributed by atoms with Gasteiger partial charge in [0.1, 0.15) is 0 Å². The maximum absolute atomic E-state index is 5.22. The van der Waals surface area contributed by atoms with Crippen molar-refractivity contribution in [2.45, 2.75) is 39.7 Å². The number of rotatable bonds is 4. The van der Waals surface area contributed by atoms with E-state index in [0.717, 1.165) is 5.69 Å². The lowest BCUT2D eigenvalue weighted by atomic mass is 10.2. The van der Waals surface area contributed by atoms with Crippen LogP contribution >= 0.6 is 11.3 Å². The van der Waals surface area contributed by atoms with E-state index in [1.807, 2.05) is 0 Å². The van der Waals surface area contributed by atoms with Crippen molar-refractivity contribution in [1.29, 1.82) is 0 Å². The third-order valence-electron chi connectivity index (χ3n) is 2.25. The van der Waals surface area contributed by atoms with Crippen molar-refractivity contribution in [2.75, 3.05) is 6.54 Å². The van der Waals surface area contributed by atoms with Gasteiger partial charge in [-0.15, -0.1) is 17.8 Å². The molecule has 1 aromatic rings. The molecule has 1 aromatic heterocycles. The van der Waals surface area contributed by atoms with Gasteiger partial charge in [-0.2, -0.15) is 0 Å². The fraction of sp³-hybridized carbons (Fsp3) is 0.583. The highest BCUT2D eigenvalue weighted by atomic mass is 32.1. The molecule has 1 unspecified atom stereocenters. The first-order chi connectivity index (χ1) is 7.06. The van der Waals surface area contributed by atoms with E-state index in [4.69, 9.17) is 6.42 Å². The zero-order chi connectivity index (χ0) is 11.4. The molecule has 0 saturated heterocycles. The van der Waals surface area contributed by atoms with Crippen LogP contribution in [0.1, 0.15) is 48.3 Å². The van der Waals surface area contributed by atoms with E-state index in [9.17, 15) is 0 Å². The van der Waals surface area contributed by atoms with Crippen LogP contribution < -0.4 is 5.32 Å². The highest BCUT2D eigenvalue weighted by Crippen LogP contribution is 2.28. The Bertz CT molecular complexity index is 360. The molecule has 1 rings (SSSR count). The van der Waals surface area contributed by atoms with Gasteiger partial charge in [0.15, 0.2) is 0 Å². The second-order valence-corrected chi connectivity index (χ2v) is 5.03. The van der Waals surface area contributed by atoms with E-state index in [0.29, 0.717) is 18.5 Å². The number of thiazole rings is 1. The molecular weight excluding hydrogens is 204 g/mol. The maximum Gasteiger partial charge on any atom is 0.0956 e. The normalized spacial score (nSPS) is 12.8. The molecule has 0 bridgehead atoms. The molecule has 2 nitrogen and oxygen atoms in total. The van der Waals surface area contributed by atoms with E-state index in [1.165, 1.54) is 9.88 Å². The predicted octanol–water partition coefficient (Wildman–Crippen LogP) is 2.86. The van der Waals surface area contributed by atoms with Crippen LogP contribution in [0.4, 0.5) is 0 Å². The molecule has 0 aliphatic rings. The number of nitrogens with one attached hydrogen (secondary N) is 1. The van der Waals surface area contributed by atoms with Crippen molar-refractivity contribution in [1.82, 2.24) is 10.3 Å². The summed E-state index contributed by atoms with van der Waals surface area (Å²) >= 11 is 1.78. The summed E-state index contributed by atoms with van der Waals surface area (Å²) in [4.78, 5) is 5.87. The minimum atomic E-state index is 0.297. The summed E-state index contributed by atoms with van der Waals surface area (Å²) in [6.45, 7) is 9.13. The van der Waals surface area contributed by atoms with Gasteiger partial charge in [0.2, 0.25) is 0 Å². The third kappa shape index (κ3) is 3.05. The van der Waals surface area contributed by atoms with E-state index in [-0.39, 0.29) is 0 Å². The Morgan fingerprint density at radius 2 is 2.13 bits per heavy atom. The maximum atomic E-state index is 5.22. The van der Waals surface area contributed by atoms with E-state index >= 15 is 0 Å². The monoisotopic (exact) mass is 222 g/mol. The number of aromatic nitrogens is 1. The molecule has 3 heteroatoms. The lowest BCUT2D eigenvalue weighted by molar-refractivity contribution is 0.629. The van der Waals surface area contributed by atoms with Crippen molar-refractivity contribution in [2.24, 2.45) is 0 Å². The van der Waals surface area contributed by atoms with E-state index < -0.39 is 0 Å². The van der Waals surface area contributed by atoms with E-state index in [1.54, 1.807) is 11.3 Å². The molecule has 1 heterocycles. The van der Waals surface area contributed by atoms with Crippen molar-refractivity contribution < 1.29 is 0 Å². The second-order valence-electron chi connectivity index (χ2n) is 3.96. The average Bonchev–Trinajstić information content (AvgIpc) is 2.57. The van der Waals surface area contributed by atoms with Gasteiger partial charge in [-0.1, -0.05) is 19.8 Å². The average molecular weight is 222 g/mol. The Balaban J connectivity index is 2.80. The van der Waals surface area contributed by atoms with Gasteiger partial charge in [0, 0.05) is 16.8 Å². The van der Waals surface area contributed by atoms with Crippen LogP contribution in [0.3, 0.4) is 0 Å². The Morgan fingerprint density at radius 3 is 2.60 bits per heavy atom. The fourth-order valence-electron chi connectivity index (χ4n) is 1.38. The summed E-state index contributed by atoms with van der Waals surface area (Å²) in [6, 6.07) is 0.297. The molecule has 0 aliphatic carbocycles. The molecular formula is C12H18N2S. The SMILES string of the molecule is C#CCNC(C)c1sc(C(C)C)nc1C. The van der Waals surface area contributed by atoms with Gasteiger partial charge < -0.3 is 0 Å². The summed E-state index contributed by atoms with van der Waals surface area (Å²) in [5, 5.41) is 4.48. The van der Waals surface area contributed by atoms with Crippen LogP contribution in [-0.2, 0) is 0 Å². The summed E-state index contributed by atoms with van der Waals surface area (Å²) in [5.41, 5.74) is 1.13. The zero-order valence-electron chi connectivity index (χ0n) is 9.79. The van der Waals surface area contributed by atoms with Crippen molar-refractivity contribution >= 4 is 11.3 Å². The predicted molar refractivity (Wildman–Crippen MR) is 66.2 cm³/mol. The second kappa shape index (κ2) is 5.29. The molecule has 0 spiro atoms. The largest absolute Gasteiger partial charge is 0.299 e. The summed E-state index contributed by atoms with van der Waals surface area (Å²) < 4.78 is 0. The minimum Gasteiger partial charge on any atom is -0.299 e. The van der Waals surface area contributed by atoms with Gasteiger partial charge >= 0.3 is 0 Å². The van der Waals surface area contributed by atoms with Gasteiger partial charge in [-0.05, 0) is 13.8 Å². The van der Waals surface area contributed by atoms with Gasteiger partial charge in [0.05, 0.1) is 17.2 Å². The Morgan fingerprint density at radius 1 is 1.47 bits per heavy atom. The van der Waals surface area contributed by atoms with Crippen LogP contribution in [0.15, 0.2) is 0 Å². The van der Waals surface area contributed by atoms with Gasteiger partial charge in [0.25, 0.3) is 0 Å². The van der Waals surface area contributed by atoms with Crippen LogP contribution in [0.25, 0.3) is 0 Å². The highest BCUT2D eigenvalue weighted by molar-refractivity contribution is 7.11. The number of aryl methyl sites for hydroxylation is 1. The zero-order valence-corrected chi connectivity index (χ0v) is 10.6. The molecule has 1 atom stereocenters. The molecule has 0 radical (unpaired) electrons. The first-order valence-electron chi connectivity index (χ1n) is 5.20. The van der Waals surface area contributed by atoms with Crippen molar-refractivity contribution in [3.63, 3.8) is 0 Å². The topological polar surface area (TPSA) is 24.9 Å². The number of nitrogens with zero attached hydrogens (tertiary/aromatic N) is 1. The molecule has 0 saturated carbocycles. The van der Waals surface area contributed by atoms with Crippen LogP contribution in [0.2, 0.25) is 0 Å². The Kier molecular flexibility index (Phi) is 4.31. The van der Waals surface area contributed by atoms with Crippen LogP contribution in [-0.4, -0.2) is 11.5 Å². The first-order valence-corrected chi connectivity index (χ1v) is 6.02. The highest BCUT2D eigenvalue weighted by Gasteiger charge is 2.14. The lowest BCUT2D eigenvalue weighted by Gasteiger charge is -2.09. The van der Waals surface area contributed by atoms with Crippen molar-refractivity contribution in [3.05, 3.63) is 15.6 Å². The summed E-state index contributed by atoms with van der Waals surface area (Å²) in [6.07, 6.45) is 5.22. The molecule has 0 aromatic carbocycles. The van der Waals surface area contributed by atoms with E-state index in [2.05, 4.69) is 43.9 Å². The standard InChI is InChI=1S/C12H18N2S/c1-6-7-13-9(4)11-10(5)14-12(15-11)8(2)3/h1,8-9,13H,7H2,2-5H3. The minimum absolute atomic E-state index is 0.297. The Hall–Kier alpha value is -0.850. The number of terminal acetylenes is 1. The first kappa shape index (κ1) is 12.2. The van der Waals surface area contributed by atoms with Gasteiger partial charge in [-0.25, -0.2) is 4.98 Å². The van der Waals surface area contributed by atoms with Crippen LogP contribution in [0.5, 0.6) is 0 Å². The molecule has 0 aliphatic heterocycles. The lowest BCUT2D eigenvalue weighted by Crippen LogP contribution is -2.18. The smallest absolute Gasteiger partial charge is 0.0956 e. The van der Waals surface area contributed by atoms with Crippen LogP contribution in [0, 0.1) is 19.3 Å².